The Kier molecular flexibility index (Phi) is 4.51. The maximum Gasteiger partial charge on any atom is 0.214 e. The van der Waals surface area contributed by atoms with Crippen molar-refractivity contribution >= 4 is 28.9 Å². The van der Waals surface area contributed by atoms with Crippen molar-refractivity contribution in [3.05, 3.63) is 52.1 Å². The number of methoxy groups -OCH3 is 1. The lowest BCUT2D eigenvalue weighted by Crippen LogP contribution is -2.07. The number of benzene rings is 1. The van der Waals surface area contributed by atoms with E-state index in [2.05, 4.69) is 10.3 Å². The SMILES string of the molecule is COc1cc(NC(C)c2ccc(Cl)cc2Cl)ccn1. The number of ether oxygens (including phenoxy) is 1. The van der Waals surface area contributed by atoms with Gasteiger partial charge < -0.3 is 10.1 Å². The van der Waals surface area contributed by atoms with Crippen molar-refractivity contribution in [2.75, 3.05) is 12.4 Å². The molecule has 0 bridgehead atoms. The molecular formula is C14H14Cl2N2O. The highest BCUT2D eigenvalue weighted by atomic mass is 35.5. The van der Waals surface area contributed by atoms with E-state index >= 15 is 0 Å². The van der Waals surface area contributed by atoms with Crippen molar-refractivity contribution in [2.45, 2.75) is 13.0 Å². The van der Waals surface area contributed by atoms with Gasteiger partial charge in [0.1, 0.15) is 0 Å². The van der Waals surface area contributed by atoms with Gasteiger partial charge in [-0.3, -0.25) is 0 Å². The summed E-state index contributed by atoms with van der Waals surface area (Å²) in [6.07, 6.45) is 1.69. The number of nitrogens with zero attached hydrogens (tertiary/aromatic N) is 1. The molecule has 1 atom stereocenters. The Morgan fingerprint density at radius 1 is 1.21 bits per heavy atom. The first-order valence-electron chi connectivity index (χ1n) is 5.81. The minimum absolute atomic E-state index is 0.0527. The monoisotopic (exact) mass is 296 g/mol. The zero-order valence-electron chi connectivity index (χ0n) is 10.7. The fourth-order valence-corrected chi connectivity index (χ4v) is 2.36. The summed E-state index contributed by atoms with van der Waals surface area (Å²) in [6, 6.07) is 9.25. The molecule has 100 valence electrons. The molecule has 0 saturated carbocycles. The van der Waals surface area contributed by atoms with Crippen LogP contribution < -0.4 is 10.1 Å². The van der Waals surface area contributed by atoms with Crippen LogP contribution in [-0.4, -0.2) is 12.1 Å². The molecule has 2 aromatic rings. The molecular weight excluding hydrogens is 283 g/mol. The first kappa shape index (κ1) is 14.0. The smallest absolute Gasteiger partial charge is 0.214 e. The third-order valence-corrected chi connectivity index (χ3v) is 3.32. The molecule has 1 heterocycles. The highest BCUT2D eigenvalue weighted by Gasteiger charge is 2.10. The van der Waals surface area contributed by atoms with Gasteiger partial charge in [-0.15, -0.1) is 0 Å². The van der Waals surface area contributed by atoms with Crippen LogP contribution in [0.5, 0.6) is 5.88 Å². The summed E-state index contributed by atoms with van der Waals surface area (Å²) in [6.45, 7) is 2.03. The predicted molar refractivity (Wildman–Crippen MR) is 79.3 cm³/mol. The van der Waals surface area contributed by atoms with Gasteiger partial charge in [0, 0.05) is 34.0 Å². The average molecular weight is 297 g/mol. The normalized spacial score (nSPS) is 12.0. The quantitative estimate of drug-likeness (QED) is 0.897. The van der Waals surface area contributed by atoms with Crippen LogP contribution in [0.15, 0.2) is 36.5 Å². The Balaban J connectivity index is 2.17. The van der Waals surface area contributed by atoms with Crippen LogP contribution in [0.3, 0.4) is 0 Å². The van der Waals surface area contributed by atoms with Crippen molar-refractivity contribution in [1.82, 2.24) is 4.98 Å². The summed E-state index contributed by atoms with van der Waals surface area (Å²) in [5, 5.41) is 4.62. The molecule has 0 aliphatic rings. The van der Waals surface area contributed by atoms with Crippen molar-refractivity contribution in [3.8, 4) is 5.88 Å². The minimum Gasteiger partial charge on any atom is -0.481 e. The topological polar surface area (TPSA) is 34.1 Å². The Hall–Kier alpha value is -1.45. The number of rotatable bonds is 4. The van der Waals surface area contributed by atoms with E-state index in [0.29, 0.717) is 15.9 Å². The number of hydrogen-bond donors (Lipinski definition) is 1. The van der Waals surface area contributed by atoms with Gasteiger partial charge in [-0.1, -0.05) is 29.3 Å². The van der Waals surface area contributed by atoms with Gasteiger partial charge in [-0.05, 0) is 30.7 Å². The maximum absolute atomic E-state index is 6.19. The Labute approximate surface area is 122 Å². The fourth-order valence-electron chi connectivity index (χ4n) is 1.79. The summed E-state index contributed by atoms with van der Waals surface area (Å²) in [7, 11) is 1.59. The summed E-state index contributed by atoms with van der Waals surface area (Å²) >= 11 is 12.1. The number of nitrogens with one attached hydrogen (secondary N) is 1. The van der Waals surface area contributed by atoms with Gasteiger partial charge in [0.15, 0.2) is 0 Å². The summed E-state index contributed by atoms with van der Waals surface area (Å²) < 4.78 is 5.09. The van der Waals surface area contributed by atoms with E-state index < -0.39 is 0 Å². The maximum atomic E-state index is 6.19. The summed E-state index contributed by atoms with van der Waals surface area (Å²) in [5.74, 6) is 0.569. The molecule has 0 spiro atoms. The first-order chi connectivity index (χ1) is 9.10. The molecule has 1 N–H and O–H groups in total. The second-order valence-electron chi connectivity index (χ2n) is 4.12. The van der Waals surface area contributed by atoms with Crippen LogP contribution in [-0.2, 0) is 0 Å². The van der Waals surface area contributed by atoms with E-state index in [0.717, 1.165) is 11.3 Å². The predicted octanol–water partition coefficient (Wildman–Crippen LogP) is 4.57. The van der Waals surface area contributed by atoms with E-state index in [4.69, 9.17) is 27.9 Å². The van der Waals surface area contributed by atoms with Crippen molar-refractivity contribution in [2.24, 2.45) is 0 Å². The van der Waals surface area contributed by atoms with Gasteiger partial charge in [0.05, 0.1) is 7.11 Å². The van der Waals surface area contributed by atoms with Crippen LogP contribution in [0, 0.1) is 0 Å². The summed E-state index contributed by atoms with van der Waals surface area (Å²) in [4.78, 5) is 4.06. The number of hydrogen-bond acceptors (Lipinski definition) is 3. The largest absolute Gasteiger partial charge is 0.481 e. The standard InChI is InChI=1S/C14H14Cl2N2O/c1-9(12-4-3-10(15)7-13(12)16)18-11-5-6-17-14(8-11)19-2/h3-9H,1-2H3,(H,17,18). The zero-order valence-corrected chi connectivity index (χ0v) is 12.2. The number of aromatic nitrogens is 1. The molecule has 3 nitrogen and oxygen atoms in total. The minimum atomic E-state index is 0.0527. The molecule has 19 heavy (non-hydrogen) atoms. The highest BCUT2D eigenvalue weighted by molar-refractivity contribution is 6.35. The fraction of sp³-hybridized carbons (Fsp3) is 0.214. The lowest BCUT2D eigenvalue weighted by molar-refractivity contribution is 0.398. The molecule has 1 aromatic heterocycles. The van der Waals surface area contributed by atoms with E-state index in [-0.39, 0.29) is 6.04 Å². The first-order valence-corrected chi connectivity index (χ1v) is 6.57. The molecule has 0 saturated heterocycles. The van der Waals surface area contributed by atoms with Gasteiger partial charge >= 0.3 is 0 Å². The van der Waals surface area contributed by atoms with Crippen LogP contribution in [0.25, 0.3) is 0 Å². The number of anilines is 1. The van der Waals surface area contributed by atoms with Gasteiger partial charge in [0.2, 0.25) is 5.88 Å². The Morgan fingerprint density at radius 2 is 2.00 bits per heavy atom. The van der Waals surface area contributed by atoms with Gasteiger partial charge in [0.25, 0.3) is 0 Å². The molecule has 2 rings (SSSR count). The van der Waals surface area contributed by atoms with Crippen LogP contribution in [0.4, 0.5) is 5.69 Å². The zero-order chi connectivity index (χ0) is 13.8. The Morgan fingerprint density at radius 3 is 2.68 bits per heavy atom. The van der Waals surface area contributed by atoms with Gasteiger partial charge in [-0.25, -0.2) is 4.98 Å². The van der Waals surface area contributed by atoms with Crippen LogP contribution in [0.1, 0.15) is 18.5 Å². The molecule has 0 aliphatic carbocycles. The van der Waals surface area contributed by atoms with E-state index in [1.165, 1.54) is 0 Å². The van der Waals surface area contributed by atoms with Crippen LogP contribution in [0.2, 0.25) is 10.0 Å². The third kappa shape index (κ3) is 3.52. The molecule has 5 heteroatoms. The average Bonchev–Trinajstić information content (AvgIpc) is 2.38. The van der Waals surface area contributed by atoms with Crippen LogP contribution >= 0.6 is 23.2 Å². The molecule has 1 aromatic carbocycles. The number of pyridine rings is 1. The Bertz CT molecular complexity index is 575. The lowest BCUT2D eigenvalue weighted by Gasteiger charge is -2.17. The van der Waals surface area contributed by atoms with Crippen molar-refractivity contribution in [1.29, 1.82) is 0 Å². The molecule has 0 amide bonds. The number of halogens is 2. The molecule has 0 aliphatic heterocycles. The highest BCUT2D eigenvalue weighted by Crippen LogP contribution is 2.28. The molecule has 1 unspecified atom stereocenters. The summed E-state index contributed by atoms with van der Waals surface area (Å²) in [5.41, 5.74) is 1.91. The second-order valence-corrected chi connectivity index (χ2v) is 4.96. The van der Waals surface area contributed by atoms with E-state index in [1.807, 2.05) is 31.2 Å². The van der Waals surface area contributed by atoms with Crippen molar-refractivity contribution < 1.29 is 4.74 Å². The van der Waals surface area contributed by atoms with Gasteiger partial charge in [-0.2, -0.15) is 0 Å². The molecule has 0 radical (unpaired) electrons. The molecule has 0 fully saturated rings. The van der Waals surface area contributed by atoms with Crippen molar-refractivity contribution in [3.63, 3.8) is 0 Å². The second kappa shape index (κ2) is 6.13. The van der Waals surface area contributed by atoms with E-state index in [1.54, 1.807) is 19.4 Å². The van der Waals surface area contributed by atoms with E-state index in [9.17, 15) is 0 Å². The third-order valence-electron chi connectivity index (χ3n) is 2.76. The lowest BCUT2D eigenvalue weighted by atomic mass is 10.1.